The first-order chi connectivity index (χ1) is 9.19. The summed E-state index contributed by atoms with van der Waals surface area (Å²) in [4.78, 5) is 0. The Balaban J connectivity index is 2.38. The lowest BCUT2D eigenvalue weighted by Gasteiger charge is -2.13. The molecule has 0 amide bonds. The van der Waals surface area contributed by atoms with Crippen molar-refractivity contribution in [3.63, 3.8) is 0 Å². The second kappa shape index (κ2) is 8.56. The van der Waals surface area contributed by atoms with E-state index in [9.17, 15) is 0 Å². The summed E-state index contributed by atoms with van der Waals surface area (Å²) in [6.07, 6.45) is 0. The van der Waals surface area contributed by atoms with E-state index in [1.54, 1.807) is 14.2 Å². The molecule has 0 aliphatic rings. The van der Waals surface area contributed by atoms with Crippen LogP contribution in [0.15, 0.2) is 30.4 Å². The number of nitrogens with one attached hydrogen (secondary N) is 1. The van der Waals surface area contributed by atoms with Crippen molar-refractivity contribution in [1.29, 1.82) is 0 Å². The molecular weight excluding hydrogens is 242 g/mol. The Kier molecular flexibility index (Phi) is 7.00. The van der Waals surface area contributed by atoms with Gasteiger partial charge in [-0.05, 0) is 13.0 Å². The number of ether oxygens (including phenoxy) is 3. The highest BCUT2D eigenvalue weighted by atomic mass is 16.5. The van der Waals surface area contributed by atoms with Crippen LogP contribution in [-0.2, 0) is 11.3 Å². The zero-order valence-electron chi connectivity index (χ0n) is 12.0. The van der Waals surface area contributed by atoms with Crippen LogP contribution in [-0.4, -0.2) is 34.0 Å². The molecule has 0 aliphatic carbocycles. The van der Waals surface area contributed by atoms with Crippen molar-refractivity contribution in [1.82, 2.24) is 5.32 Å². The molecule has 1 aromatic carbocycles. The number of hydrogen-bond acceptors (Lipinski definition) is 4. The fourth-order valence-electron chi connectivity index (χ4n) is 1.71. The van der Waals surface area contributed by atoms with Crippen molar-refractivity contribution in [3.05, 3.63) is 35.9 Å². The Hall–Kier alpha value is -1.52. The summed E-state index contributed by atoms with van der Waals surface area (Å²) < 4.78 is 16.0. The van der Waals surface area contributed by atoms with Gasteiger partial charge >= 0.3 is 0 Å². The Labute approximate surface area is 115 Å². The highest BCUT2D eigenvalue weighted by molar-refractivity contribution is 5.46. The van der Waals surface area contributed by atoms with Gasteiger partial charge in [0.2, 0.25) is 0 Å². The van der Waals surface area contributed by atoms with Gasteiger partial charge in [-0.2, -0.15) is 0 Å². The van der Waals surface area contributed by atoms with Crippen LogP contribution in [0.1, 0.15) is 12.5 Å². The maximum Gasteiger partial charge on any atom is 0.165 e. The van der Waals surface area contributed by atoms with Crippen molar-refractivity contribution in [2.75, 3.05) is 34.0 Å². The minimum atomic E-state index is 0.615. The van der Waals surface area contributed by atoms with E-state index in [2.05, 4.69) is 11.9 Å². The van der Waals surface area contributed by atoms with E-state index < -0.39 is 0 Å². The maximum absolute atomic E-state index is 5.42. The molecule has 0 radical (unpaired) electrons. The summed E-state index contributed by atoms with van der Waals surface area (Å²) in [6, 6.07) is 5.86. The second-order valence-electron chi connectivity index (χ2n) is 4.34. The van der Waals surface area contributed by atoms with Crippen molar-refractivity contribution in [2.24, 2.45) is 0 Å². The average molecular weight is 265 g/mol. The smallest absolute Gasteiger partial charge is 0.165 e. The standard InChI is InChI=1S/C15H23NO3/c1-12(2)11-19-9-8-16-10-13-6-5-7-14(17-3)15(13)18-4/h5-7,16H,1,8-11H2,2-4H3. The molecule has 0 bridgehead atoms. The molecule has 19 heavy (non-hydrogen) atoms. The SMILES string of the molecule is C=C(C)COCCNCc1cccc(OC)c1OC. The van der Waals surface area contributed by atoms with Crippen LogP contribution in [0, 0.1) is 0 Å². The first kappa shape index (κ1) is 15.5. The van der Waals surface area contributed by atoms with Crippen molar-refractivity contribution in [2.45, 2.75) is 13.5 Å². The molecular formula is C15H23NO3. The third-order valence-corrected chi connectivity index (χ3v) is 2.57. The fraction of sp³-hybridized carbons (Fsp3) is 0.467. The van der Waals surface area contributed by atoms with E-state index in [-0.39, 0.29) is 0 Å². The Bertz CT molecular complexity index is 404. The molecule has 1 N–H and O–H groups in total. The Morgan fingerprint density at radius 2 is 2.05 bits per heavy atom. The molecule has 1 rings (SSSR count). The van der Waals surface area contributed by atoms with Gasteiger partial charge in [-0.1, -0.05) is 24.3 Å². The summed E-state index contributed by atoms with van der Waals surface area (Å²) in [5, 5.41) is 3.31. The molecule has 0 heterocycles. The van der Waals surface area contributed by atoms with E-state index >= 15 is 0 Å². The summed E-state index contributed by atoms with van der Waals surface area (Å²) in [5.41, 5.74) is 2.11. The van der Waals surface area contributed by atoms with E-state index in [4.69, 9.17) is 14.2 Å². The number of hydrogen-bond donors (Lipinski definition) is 1. The summed E-state index contributed by atoms with van der Waals surface area (Å²) in [7, 11) is 3.29. The molecule has 0 saturated heterocycles. The molecule has 1 aromatic rings. The summed E-state index contributed by atoms with van der Waals surface area (Å²) in [6.45, 7) is 8.52. The van der Waals surface area contributed by atoms with Gasteiger partial charge in [0.1, 0.15) is 0 Å². The zero-order chi connectivity index (χ0) is 14.1. The van der Waals surface area contributed by atoms with Crippen molar-refractivity contribution >= 4 is 0 Å². The quantitative estimate of drug-likeness (QED) is 0.550. The first-order valence-corrected chi connectivity index (χ1v) is 6.31. The van der Waals surface area contributed by atoms with Gasteiger partial charge in [0.25, 0.3) is 0 Å². The van der Waals surface area contributed by atoms with Crippen LogP contribution < -0.4 is 14.8 Å². The average Bonchev–Trinajstić information content (AvgIpc) is 2.41. The normalized spacial score (nSPS) is 10.3. The van der Waals surface area contributed by atoms with E-state index in [1.807, 2.05) is 25.1 Å². The lowest BCUT2D eigenvalue weighted by molar-refractivity contribution is 0.157. The zero-order valence-corrected chi connectivity index (χ0v) is 12.0. The molecule has 0 fully saturated rings. The summed E-state index contributed by atoms with van der Waals surface area (Å²) in [5.74, 6) is 1.53. The minimum Gasteiger partial charge on any atom is -0.493 e. The van der Waals surface area contributed by atoms with Crippen LogP contribution in [0.2, 0.25) is 0 Å². The molecule has 0 aliphatic heterocycles. The predicted octanol–water partition coefficient (Wildman–Crippen LogP) is 2.39. The lowest BCUT2D eigenvalue weighted by atomic mass is 10.2. The molecule has 106 valence electrons. The van der Waals surface area contributed by atoms with E-state index in [1.165, 1.54) is 0 Å². The van der Waals surface area contributed by atoms with E-state index in [0.717, 1.165) is 35.7 Å². The van der Waals surface area contributed by atoms with Crippen molar-refractivity contribution in [3.8, 4) is 11.5 Å². The monoisotopic (exact) mass is 265 g/mol. The highest BCUT2D eigenvalue weighted by Crippen LogP contribution is 2.30. The maximum atomic E-state index is 5.42. The highest BCUT2D eigenvalue weighted by Gasteiger charge is 2.08. The van der Waals surface area contributed by atoms with Crippen LogP contribution in [0.25, 0.3) is 0 Å². The van der Waals surface area contributed by atoms with Gasteiger partial charge in [0.15, 0.2) is 11.5 Å². The molecule has 4 heteroatoms. The van der Waals surface area contributed by atoms with Gasteiger partial charge in [-0.3, -0.25) is 0 Å². The molecule has 4 nitrogen and oxygen atoms in total. The lowest BCUT2D eigenvalue weighted by Crippen LogP contribution is -2.20. The number of rotatable bonds is 9. The molecule has 0 spiro atoms. The summed E-state index contributed by atoms with van der Waals surface area (Å²) >= 11 is 0. The predicted molar refractivity (Wildman–Crippen MR) is 76.9 cm³/mol. The molecule has 0 unspecified atom stereocenters. The third kappa shape index (κ3) is 5.32. The minimum absolute atomic E-state index is 0.615. The second-order valence-corrected chi connectivity index (χ2v) is 4.34. The first-order valence-electron chi connectivity index (χ1n) is 6.31. The molecule has 0 aromatic heterocycles. The molecule has 0 saturated carbocycles. The van der Waals surface area contributed by atoms with Crippen LogP contribution in [0.5, 0.6) is 11.5 Å². The van der Waals surface area contributed by atoms with Crippen molar-refractivity contribution < 1.29 is 14.2 Å². The van der Waals surface area contributed by atoms with Crippen LogP contribution in [0.3, 0.4) is 0 Å². The topological polar surface area (TPSA) is 39.7 Å². The number of methoxy groups -OCH3 is 2. The number of benzene rings is 1. The fourth-order valence-corrected chi connectivity index (χ4v) is 1.71. The van der Waals surface area contributed by atoms with Crippen LogP contribution in [0.4, 0.5) is 0 Å². The van der Waals surface area contributed by atoms with Gasteiger partial charge in [0, 0.05) is 18.7 Å². The Morgan fingerprint density at radius 1 is 1.26 bits per heavy atom. The van der Waals surface area contributed by atoms with Gasteiger partial charge < -0.3 is 19.5 Å². The van der Waals surface area contributed by atoms with Gasteiger partial charge in [0.05, 0.1) is 27.4 Å². The Morgan fingerprint density at radius 3 is 2.68 bits per heavy atom. The third-order valence-electron chi connectivity index (χ3n) is 2.57. The van der Waals surface area contributed by atoms with E-state index in [0.29, 0.717) is 13.2 Å². The molecule has 0 atom stereocenters. The van der Waals surface area contributed by atoms with Gasteiger partial charge in [-0.25, -0.2) is 0 Å². The largest absolute Gasteiger partial charge is 0.493 e. The van der Waals surface area contributed by atoms with Gasteiger partial charge in [-0.15, -0.1) is 0 Å². The number of para-hydroxylation sites is 1. The van der Waals surface area contributed by atoms with Crippen LogP contribution >= 0.6 is 0 Å².